The molecule has 0 saturated heterocycles. The number of carbonyl (C=O) groups is 1. The van der Waals surface area contributed by atoms with Gasteiger partial charge in [0.2, 0.25) is 5.78 Å². The highest BCUT2D eigenvalue weighted by molar-refractivity contribution is 6.15. The predicted molar refractivity (Wildman–Crippen MR) is 75.6 cm³/mol. The minimum atomic E-state index is -0.510. The van der Waals surface area contributed by atoms with E-state index in [1.165, 1.54) is 0 Å². The van der Waals surface area contributed by atoms with E-state index in [0.29, 0.717) is 11.3 Å². The molecule has 2 aromatic rings. The molecule has 2 rings (SSSR count). The molecule has 0 fully saturated rings. The summed E-state index contributed by atoms with van der Waals surface area (Å²) >= 11 is 0. The number of carbonyl (C=O) groups excluding carboxylic acids is 1. The lowest BCUT2D eigenvalue weighted by molar-refractivity contribution is 0.103. The summed E-state index contributed by atoms with van der Waals surface area (Å²) < 4.78 is 0. The lowest BCUT2D eigenvalue weighted by Gasteiger charge is -2.17. The Labute approximate surface area is 116 Å². The van der Waals surface area contributed by atoms with Gasteiger partial charge in [-0.05, 0) is 12.1 Å². The van der Waals surface area contributed by atoms with Gasteiger partial charge >= 0.3 is 0 Å². The van der Waals surface area contributed by atoms with Gasteiger partial charge < -0.3 is 20.2 Å². The van der Waals surface area contributed by atoms with Crippen LogP contribution < -0.4 is 4.90 Å². The van der Waals surface area contributed by atoms with Crippen LogP contribution in [0.5, 0.6) is 17.2 Å². The number of nitrogens with zero attached hydrogens (tertiary/aromatic N) is 1. The van der Waals surface area contributed by atoms with Crippen LogP contribution in [0.2, 0.25) is 0 Å². The molecule has 0 spiro atoms. The smallest absolute Gasteiger partial charge is 0.202 e. The molecule has 0 unspecified atom stereocenters. The lowest BCUT2D eigenvalue weighted by Crippen LogP contribution is -2.14. The third-order valence-corrected chi connectivity index (χ3v) is 2.94. The van der Waals surface area contributed by atoms with Crippen LogP contribution >= 0.6 is 0 Å². The molecule has 5 heteroatoms. The quantitative estimate of drug-likeness (QED) is 0.746. The van der Waals surface area contributed by atoms with Gasteiger partial charge in [0.1, 0.15) is 22.8 Å². The van der Waals surface area contributed by atoms with Gasteiger partial charge in [0.25, 0.3) is 0 Å². The normalized spacial score (nSPS) is 10.3. The first-order valence-electron chi connectivity index (χ1n) is 5.98. The number of benzene rings is 2. The Bertz CT molecular complexity index is 642. The Morgan fingerprint density at radius 3 is 2.10 bits per heavy atom. The van der Waals surface area contributed by atoms with Crippen molar-refractivity contribution < 1.29 is 20.1 Å². The van der Waals surface area contributed by atoms with Crippen LogP contribution in [0, 0.1) is 0 Å². The van der Waals surface area contributed by atoms with Crippen molar-refractivity contribution in [3.8, 4) is 17.2 Å². The van der Waals surface area contributed by atoms with Crippen LogP contribution in [0.3, 0.4) is 0 Å². The molecule has 104 valence electrons. The average molecular weight is 273 g/mol. The Morgan fingerprint density at radius 1 is 1.00 bits per heavy atom. The molecule has 20 heavy (non-hydrogen) atoms. The number of aromatic hydroxyl groups is 3. The molecule has 0 heterocycles. The van der Waals surface area contributed by atoms with Gasteiger partial charge in [-0.1, -0.05) is 12.1 Å². The molecule has 0 saturated carbocycles. The van der Waals surface area contributed by atoms with E-state index in [2.05, 4.69) is 0 Å². The zero-order valence-corrected chi connectivity index (χ0v) is 11.2. The van der Waals surface area contributed by atoms with Gasteiger partial charge in [-0.3, -0.25) is 4.79 Å². The second-order valence-electron chi connectivity index (χ2n) is 4.60. The van der Waals surface area contributed by atoms with Gasteiger partial charge in [-0.2, -0.15) is 0 Å². The zero-order chi connectivity index (χ0) is 14.9. The maximum Gasteiger partial charge on any atom is 0.202 e. The van der Waals surface area contributed by atoms with E-state index in [0.717, 1.165) is 12.1 Å². The van der Waals surface area contributed by atoms with Crippen molar-refractivity contribution in [1.29, 1.82) is 0 Å². The molecule has 0 aliphatic rings. The highest BCUT2D eigenvalue weighted by Gasteiger charge is 2.22. The van der Waals surface area contributed by atoms with Gasteiger partial charge in [-0.25, -0.2) is 0 Å². The molecule has 0 atom stereocenters. The molecule has 5 nitrogen and oxygen atoms in total. The standard InChI is InChI=1S/C15H15NO4/c1-16(2)11-6-4-3-5-10(11)15(20)14-12(18)7-9(17)8-13(14)19/h3-8,17-19H,1-2H3. The van der Waals surface area contributed by atoms with Crippen molar-refractivity contribution in [2.24, 2.45) is 0 Å². The molecule has 0 bridgehead atoms. The highest BCUT2D eigenvalue weighted by Crippen LogP contribution is 2.35. The maximum absolute atomic E-state index is 12.5. The van der Waals surface area contributed by atoms with E-state index >= 15 is 0 Å². The van der Waals surface area contributed by atoms with E-state index in [-0.39, 0.29) is 11.3 Å². The van der Waals surface area contributed by atoms with E-state index < -0.39 is 17.3 Å². The number of rotatable bonds is 3. The van der Waals surface area contributed by atoms with Crippen LogP contribution in [0.4, 0.5) is 5.69 Å². The number of para-hydroxylation sites is 1. The summed E-state index contributed by atoms with van der Waals surface area (Å²) in [6, 6.07) is 8.92. The fourth-order valence-corrected chi connectivity index (χ4v) is 2.02. The van der Waals surface area contributed by atoms with Crippen molar-refractivity contribution >= 4 is 11.5 Å². The number of ketones is 1. The Kier molecular flexibility index (Phi) is 3.52. The van der Waals surface area contributed by atoms with Gasteiger partial charge in [0, 0.05) is 37.5 Å². The summed E-state index contributed by atoms with van der Waals surface area (Å²) in [5.74, 6) is -1.73. The minimum absolute atomic E-state index is 0.225. The van der Waals surface area contributed by atoms with Crippen LogP contribution in [-0.4, -0.2) is 35.2 Å². The summed E-state index contributed by atoms with van der Waals surface area (Å²) in [5, 5.41) is 28.8. The van der Waals surface area contributed by atoms with E-state index in [1.54, 1.807) is 43.3 Å². The van der Waals surface area contributed by atoms with Gasteiger partial charge in [0.15, 0.2) is 0 Å². The minimum Gasteiger partial charge on any atom is -0.508 e. The number of phenolic OH excluding ortho intramolecular Hbond substituents is 3. The Morgan fingerprint density at radius 2 is 1.55 bits per heavy atom. The van der Waals surface area contributed by atoms with Crippen molar-refractivity contribution in [2.45, 2.75) is 0 Å². The summed E-state index contributed by atoms with van der Waals surface area (Å²) in [4.78, 5) is 14.3. The molecule has 0 aromatic heterocycles. The van der Waals surface area contributed by atoms with Gasteiger partial charge in [0.05, 0.1) is 0 Å². The van der Waals surface area contributed by atoms with E-state index in [4.69, 9.17) is 0 Å². The maximum atomic E-state index is 12.5. The summed E-state index contributed by atoms with van der Waals surface area (Å²) in [5.41, 5.74) is 0.801. The monoisotopic (exact) mass is 273 g/mol. The highest BCUT2D eigenvalue weighted by atomic mass is 16.3. The third-order valence-electron chi connectivity index (χ3n) is 2.94. The van der Waals surface area contributed by atoms with Crippen molar-refractivity contribution in [3.05, 3.63) is 47.5 Å². The van der Waals surface area contributed by atoms with Crippen LogP contribution in [-0.2, 0) is 0 Å². The zero-order valence-electron chi connectivity index (χ0n) is 11.2. The second kappa shape index (κ2) is 5.13. The SMILES string of the molecule is CN(C)c1ccccc1C(=O)c1c(O)cc(O)cc1O. The van der Waals surface area contributed by atoms with Crippen LogP contribution in [0.15, 0.2) is 36.4 Å². The summed E-state index contributed by atoms with van der Waals surface area (Å²) in [7, 11) is 3.59. The van der Waals surface area contributed by atoms with Gasteiger partial charge in [-0.15, -0.1) is 0 Å². The topological polar surface area (TPSA) is 81.0 Å². The number of phenols is 3. The first-order chi connectivity index (χ1) is 9.41. The molecular formula is C15H15NO4. The molecule has 3 N–H and O–H groups in total. The second-order valence-corrected chi connectivity index (χ2v) is 4.60. The fourth-order valence-electron chi connectivity index (χ4n) is 2.02. The van der Waals surface area contributed by atoms with Crippen molar-refractivity contribution in [3.63, 3.8) is 0 Å². The van der Waals surface area contributed by atoms with Crippen molar-refractivity contribution in [2.75, 3.05) is 19.0 Å². The lowest BCUT2D eigenvalue weighted by atomic mass is 9.99. The predicted octanol–water partition coefficient (Wildman–Crippen LogP) is 2.10. The van der Waals surface area contributed by atoms with Crippen LogP contribution in [0.25, 0.3) is 0 Å². The number of hydrogen-bond acceptors (Lipinski definition) is 5. The fraction of sp³-hybridized carbons (Fsp3) is 0.133. The summed E-state index contributed by atoms with van der Waals surface area (Å²) in [6.45, 7) is 0. The van der Waals surface area contributed by atoms with Crippen LogP contribution in [0.1, 0.15) is 15.9 Å². The summed E-state index contributed by atoms with van der Waals surface area (Å²) in [6.07, 6.45) is 0. The Hall–Kier alpha value is -2.69. The average Bonchev–Trinajstić information content (AvgIpc) is 2.37. The molecule has 0 aliphatic heterocycles. The van der Waals surface area contributed by atoms with E-state index in [1.807, 2.05) is 0 Å². The largest absolute Gasteiger partial charge is 0.508 e. The third kappa shape index (κ3) is 2.38. The molecule has 2 aromatic carbocycles. The molecular weight excluding hydrogens is 258 g/mol. The number of hydrogen-bond donors (Lipinski definition) is 3. The molecule has 0 amide bonds. The Balaban J connectivity index is 2.58. The molecule has 0 aliphatic carbocycles. The first kappa shape index (κ1) is 13.7. The van der Waals surface area contributed by atoms with E-state index in [9.17, 15) is 20.1 Å². The number of anilines is 1. The first-order valence-corrected chi connectivity index (χ1v) is 5.98. The molecule has 0 radical (unpaired) electrons. The van der Waals surface area contributed by atoms with Crippen molar-refractivity contribution in [1.82, 2.24) is 0 Å².